The Labute approximate surface area is 147 Å². The summed E-state index contributed by atoms with van der Waals surface area (Å²) >= 11 is 1.11. The fraction of sp³-hybridized carbons (Fsp3) is 0.176. The number of esters is 1. The number of methoxy groups -OCH3 is 1. The van der Waals surface area contributed by atoms with Gasteiger partial charge in [-0.15, -0.1) is 11.3 Å². The Morgan fingerprint density at radius 3 is 2.56 bits per heavy atom. The number of aromatic nitrogens is 2. The van der Waals surface area contributed by atoms with Gasteiger partial charge in [0.25, 0.3) is 0 Å². The highest BCUT2D eigenvalue weighted by atomic mass is 32.1. The molecule has 8 heteroatoms. The molecule has 0 bridgehead atoms. The van der Waals surface area contributed by atoms with Gasteiger partial charge < -0.3 is 15.2 Å². The van der Waals surface area contributed by atoms with Gasteiger partial charge in [0.05, 0.1) is 13.7 Å². The maximum Gasteiger partial charge on any atom is 0.348 e. The van der Waals surface area contributed by atoms with Crippen molar-refractivity contribution in [3.63, 3.8) is 0 Å². The molecule has 2 heterocycles. The van der Waals surface area contributed by atoms with E-state index in [1.54, 1.807) is 44.4 Å². The lowest BCUT2D eigenvalue weighted by atomic mass is 10.1. The summed E-state index contributed by atoms with van der Waals surface area (Å²) in [6.07, 6.45) is 0. The van der Waals surface area contributed by atoms with Gasteiger partial charge in [0.1, 0.15) is 21.2 Å². The van der Waals surface area contributed by atoms with Crippen molar-refractivity contribution in [1.82, 2.24) is 9.97 Å². The van der Waals surface area contributed by atoms with Crippen LogP contribution in [0.4, 0.5) is 5.95 Å². The Bertz CT molecular complexity index is 950. The zero-order valence-electron chi connectivity index (χ0n) is 13.6. The van der Waals surface area contributed by atoms with Crippen LogP contribution < -0.4 is 10.5 Å². The number of anilines is 1. The van der Waals surface area contributed by atoms with Gasteiger partial charge >= 0.3 is 5.97 Å². The number of ether oxygens (including phenoxy) is 2. The lowest BCUT2D eigenvalue weighted by Crippen LogP contribution is -2.08. The molecule has 0 atom stereocenters. The number of fused-ring (bicyclic) bond motifs is 1. The molecule has 3 rings (SSSR count). The first-order valence-electron chi connectivity index (χ1n) is 7.46. The maximum absolute atomic E-state index is 12.8. The van der Waals surface area contributed by atoms with Crippen LogP contribution in [-0.2, 0) is 4.74 Å². The number of carbonyl (C=O) groups excluding carboxylic acids is 2. The second kappa shape index (κ2) is 6.86. The van der Waals surface area contributed by atoms with E-state index in [2.05, 4.69) is 9.97 Å². The van der Waals surface area contributed by atoms with Crippen molar-refractivity contribution in [2.75, 3.05) is 19.5 Å². The van der Waals surface area contributed by atoms with Crippen LogP contribution in [0.25, 0.3) is 10.2 Å². The Balaban J connectivity index is 2.07. The molecule has 0 spiro atoms. The van der Waals surface area contributed by atoms with Crippen molar-refractivity contribution in [1.29, 1.82) is 0 Å². The normalized spacial score (nSPS) is 10.6. The van der Waals surface area contributed by atoms with Crippen LogP contribution in [0.3, 0.4) is 0 Å². The van der Waals surface area contributed by atoms with Gasteiger partial charge in [-0.3, -0.25) is 4.79 Å². The highest BCUT2D eigenvalue weighted by Gasteiger charge is 2.21. The molecule has 0 fully saturated rings. The number of nitrogens with zero attached hydrogens (tertiary/aromatic N) is 2. The summed E-state index contributed by atoms with van der Waals surface area (Å²) in [5.74, 6) is -0.160. The van der Waals surface area contributed by atoms with E-state index in [1.807, 2.05) is 0 Å². The van der Waals surface area contributed by atoms with Crippen LogP contribution in [0.5, 0.6) is 5.75 Å². The minimum Gasteiger partial charge on any atom is -0.497 e. The second-order valence-corrected chi connectivity index (χ2v) is 6.07. The molecular weight excluding hydrogens is 342 g/mol. The van der Waals surface area contributed by atoms with Crippen LogP contribution in [-0.4, -0.2) is 35.4 Å². The molecule has 2 N–H and O–H groups in total. The Hall–Kier alpha value is -3.00. The fourth-order valence-corrected chi connectivity index (χ4v) is 3.23. The molecule has 0 aliphatic carbocycles. The topological polar surface area (TPSA) is 104 Å². The van der Waals surface area contributed by atoms with Crippen LogP contribution in [0.2, 0.25) is 0 Å². The predicted octanol–water partition coefficient (Wildman–Crippen LogP) is 2.69. The molecule has 0 unspecified atom stereocenters. The summed E-state index contributed by atoms with van der Waals surface area (Å²) in [6, 6.07) is 8.22. The maximum atomic E-state index is 12.8. The van der Waals surface area contributed by atoms with Gasteiger partial charge in [0, 0.05) is 10.9 Å². The number of thiophene rings is 1. The lowest BCUT2D eigenvalue weighted by molar-refractivity contribution is 0.0532. The zero-order valence-corrected chi connectivity index (χ0v) is 14.4. The quantitative estimate of drug-likeness (QED) is 0.553. The van der Waals surface area contributed by atoms with Gasteiger partial charge in [-0.25, -0.2) is 14.8 Å². The van der Waals surface area contributed by atoms with Crippen molar-refractivity contribution < 1.29 is 19.1 Å². The third-order valence-corrected chi connectivity index (χ3v) is 4.46. The first kappa shape index (κ1) is 16.8. The number of rotatable bonds is 5. The minimum absolute atomic E-state index is 0.0263. The van der Waals surface area contributed by atoms with E-state index in [1.165, 1.54) is 0 Å². The van der Waals surface area contributed by atoms with Gasteiger partial charge in [0.2, 0.25) is 11.7 Å². The molecular formula is C17H15N3O4S. The third-order valence-electron chi connectivity index (χ3n) is 3.45. The van der Waals surface area contributed by atoms with Crippen LogP contribution in [0.1, 0.15) is 32.6 Å². The smallest absolute Gasteiger partial charge is 0.348 e. The molecule has 2 aromatic heterocycles. The van der Waals surface area contributed by atoms with Crippen molar-refractivity contribution in [3.05, 3.63) is 46.5 Å². The summed E-state index contributed by atoms with van der Waals surface area (Å²) in [6.45, 7) is 1.99. The van der Waals surface area contributed by atoms with Gasteiger partial charge in [-0.2, -0.15) is 0 Å². The highest BCUT2D eigenvalue weighted by Crippen LogP contribution is 2.29. The molecule has 0 radical (unpaired) electrons. The molecule has 0 saturated heterocycles. The van der Waals surface area contributed by atoms with E-state index in [0.29, 0.717) is 26.4 Å². The van der Waals surface area contributed by atoms with E-state index >= 15 is 0 Å². The van der Waals surface area contributed by atoms with Gasteiger partial charge in [-0.05, 0) is 37.3 Å². The summed E-state index contributed by atoms with van der Waals surface area (Å²) in [4.78, 5) is 33.7. The summed E-state index contributed by atoms with van der Waals surface area (Å²) in [7, 11) is 1.55. The largest absolute Gasteiger partial charge is 0.497 e. The average Bonchev–Trinajstić information content (AvgIpc) is 3.04. The monoisotopic (exact) mass is 357 g/mol. The molecule has 1 aromatic carbocycles. The molecule has 0 amide bonds. The minimum atomic E-state index is -0.466. The second-order valence-electron chi connectivity index (χ2n) is 5.04. The predicted molar refractivity (Wildman–Crippen MR) is 94.2 cm³/mol. The number of hydrogen-bond acceptors (Lipinski definition) is 8. The number of nitrogen functional groups attached to an aromatic ring is 1. The molecule has 0 aliphatic heterocycles. The van der Waals surface area contributed by atoms with Crippen molar-refractivity contribution in [2.24, 2.45) is 0 Å². The Morgan fingerprint density at radius 2 is 1.92 bits per heavy atom. The summed E-state index contributed by atoms with van der Waals surface area (Å²) < 4.78 is 10.1. The summed E-state index contributed by atoms with van der Waals surface area (Å²) in [5.41, 5.74) is 6.31. The molecule has 25 heavy (non-hydrogen) atoms. The zero-order chi connectivity index (χ0) is 18.0. The van der Waals surface area contributed by atoms with Gasteiger partial charge in [-0.1, -0.05) is 0 Å². The van der Waals surface area contributed by atoms with E-state index in [4.69, 9.17) is 15.2 Å². The highest BCUT2D eigenvalue weighted by molar-refractivity contribution is 7.20. The van der Waals surface area contributed by atoms with E-state index < -0.39 is 5.97 Å². The number of ketones is 1. The average molecular weight is 357 g/mol. The lowest BCUT2D eigenvalue weighted by Gasteiger charge is -2.04. The summed E-state index contributed by atoms with van der Waals surface area (Å²) in [5, 5.41) is 0.475. The van der Waals surface area contributed by atoms with E-state index in [0.717, 1.165) is 11.3 Å². The molecule has 7 nitrogen and oxygen atoms in total. The number of hydrogen-bond donors (Lipinski definition) is 1. The van der Waals surface area contributed by atoms with E-state index in [9.17, 15) is 9.59 Å². The fourth-order valence-electron chi connectivity index (χ4n) is 2.29. The van der Waals surface area contributed by atoms with Crippen LogP contribution >= 0.6 is 11.3 Å². The van der Waals surface area contributed by atoms with E-state index in [-0.39, 0.29) is 24.0 Å². The van der Waals surface area contributed by atoms with Crippen molar-refractivity contribution >= 4 is 39.3 Å². The van der Waals surface area contributed by atoms with Crippen LogP contribution in [0.15, 0.2) is 30.3 Å². The van der Waals surface area contributed by atoms with Gasteiger partial charge in [0.15, 0.2) is 0 Å². The Kier molecular flexibility index (Phi) is 4.62. The van der Waals surface area contributed by atoms with Crippen molar-refractivity contribution in [3.8, 4) is 5.75 Å². The van der Waals surface area contributed by atoms with Crippen LogP contribution in [0, 0.1) is 0 Å². The van der Waals surface area contributed by atoms with Crippen molar-refractivity contribution in [2.45, 2.75) is 6.92 Å². The molecule has 0 saturated carbocycles. The number of nitrogens with two attached hydrogens (primary N) is 1. The molecule has 3 aromatic rings. The first-order chi connectivity index (χ1) is 12.0. The molecule has 128 valence electrons. The first-order valence-corrected chi connectivity index (χ1v) is 8.28. The third kappa shape index (κ3) is 3.29. The Morgan fingerprint density at radius 1 is 1.20 bits per heavy atom. The number of benzene rings is 1. The SMILES string of the molecule is CCOC(=O)c1cc2c(C(=O)c3ccc(OC)cc3)nc(N)nc2s1. The standard InChI is InChI=1S/C17H15N3O4S/c1-3-24-16(22)12-8-11-13(19-17(18)20-15(11)25-12)14(21)9-4-6-10(23-2)7-5-9/h4-8H,3H2,1-2H3,(H2,18,19,20). The number of carbonyl (C=O) groups is 2. The molecule has 0 aliphatic rings.